The normalized spacial score (nSPS) is 11.8. The Morgan fingerprint density at radius 2 is 1.17 bits per heavy atom. The van der Waals surface area contributed by atoms with Crippen LogP contribution in [0.2, 0.25) is 0 Å². The van der Waals surface area contributed by atoms with E-state index in [1.165, 1.54) is 15.9 Å². The summed E-state index contributed by atoms with van der Waals surface area (Å²) in [5, 5.41) is 7.67. The fourth-order valence-electron chi connectivity index (χ4n) is 4.09. The average Bonchev–Trinajstić information content (AvgIpc) is 2.80. The fraction of sp³-hybridized carbons (Fsp3) is 0.269. The van der Waals surface area contributed by atoms with Gasteiger partial charge in [-0.15, -0.1) is 0 Å². The molecule has 3 nitrogen and oxygen atoms in total. The van der Waals surface area contributed by atoms with Crippen LogP contribution in [0.3, 0.4) is 0 Å². The van der Waals surface area contributed by atoms with E-state index in [1.807, 2.05) is 0 Å². The molecule has 0 bridgehead atoms. The molecule has 0 aromatic heterocycles. The topological polar surface area (TPSA) is 32.3 Å². The van der Waals surface area contributed by atoms with E-state index in [0.29, 0.717) is 6.54 Å². The van der Waals surface area contributed by atoms with Gasteiger partial charge in [0.2, 0.25) is 0 Å². The molecule has 0 spiro atoms. The number of hydrogen-bond acceptors (Lipinski definition) is 2. The van der Waals surface area contributed by atoms with Crippen LogP contribution in [0, 0.1) is 0 Å². The van der Waals surface area contributed by atoms with Gasteiger partial charge in [0.05, 0.1) is 0 Å². The number of unbranched alkanes of at least 4 members (excludes halogenated alkanes) is 1. The van der Waals surface area contributed by atoms with Gasteiger partial charge in [0, 0.05) is 0 Å². The molecule has 1 amide bonds. The van der Waals surface area contributed by atoms with Crippen molar-refractivity contribution < 1.29 is 4.79 Å². The summed E-state index contributed by atoms with van der Waals surface area (Å²) in [4.78, 5) is 13.4. The van der Waals surface area contributed by atoms with Gasteiger partial charge in [-0.3, -0.25) is 0 Å². The Bertz CT molecular complexity index is 801. The fourth-order valence-corrected chi connectivity index (χ4v) is 9.03. The zero-order chi connectivity index (χ0) is 21.2. The predicted molar refractivity (Wildman–Crippen MR) is 132 cm³/mol. The minimum absolute atomic E-state index is 0.122. The van der Waals surface area contributed by atoms with Gasteiger partial charge in [-0.1, -0.05) is 0 Å². The zero-order valence-electron chi connectivity index (χ0n) is 18.1. The predicted octanol–water partition coefficient (Wildman–Crippen LogP) is 3.17. The van der Waals surface area contributed by atoms with Gasteiger partial charge >= 0.3 is 181 Å². The number of nitrogens with one attached hydrogen (secondary N) is 1. The van der Waals surface area contributed by atoms with Crippen molar-refractivity contribution in [2.75, 3.05) is 33.3 Å². The number of carbonyl (C=O) groups excluding carboxylic acids is 1. The Kier molecular flexibility index (Phi) is 8.19. The first-order chi connectivity index (χ1) is 14.6. The molecule has 0 radical (unpaired) electrons. The standard InChI is InChI=1S/C26H33N2OP/c1-28(2)26(29)22-27-20-12-13-21-30(23-14-6-3-7-15-23,24-16-8-4-9-17-24)25-18-10-5-11-19-25/h3-11,14-19,27,30H,12-13,20-22H2,1-2H3. The van der Waals surface area contributed by atoms with E-state index in [0.717, 1.165) is 25.5 Å². The first-order valence-electron chi connectivity index (χ1n) is 10.7. The van der Waals surface area contributed by atoms with Gasteiger partial charge in [0.25, 0.3) is 0 Å². The quantitative estimate of drug-likeness (QED) is 0.404. The molecule has 0 saturated carbocycles. The van der Waals surface area contributed by atoms with Crippen LogP contribution in [0.25, 0.3) is 0 Å². The summed E-state index contributed by atoms with van der Waals surface area (Å²) in [5.74, 6) is 0.122. The summed E-state index contributed by atoms with van der Waals surface area (Å²) >= 11 is 0. The Balaban J connectivity index is 1.84. The zero-order valence-corrected chi connectivity index (χ0v) is 19.1. The first-order valence-corrected chi connectivity index (χ1v) is 12.9. The third-order valence-electron chi connectivity index (χ3n) is 5.73. The number of benzene rings is 3. The molecule has 3 aromatic rings. The van der Waals surface area contributed by atoms with Crippen molar-refractivity contribution >= 4 is 29.1 Å². The summed E-state index contributed by atoms with van der Waals surface area (Å²) in [6.45, 7) is 1.27. The third kappa shape index (κ3) is 5.36. The molecule has 0 aliphatic heterocycles. The van der Waals surface area contributed by atoms with Crippen LogP contribution in [0.5, 0.6) is 0 Å². The van der Waals surface area contributed by atoms with Crippen molar-refractivity contribution in [2.24, 2.45) is 0 Å². The Hall–Kier alpha value is -2.48. The number of rotatable bonds is 10. The van der Waals surface area contributed by atoms with Crippen LogP contribution in [0.15, 0.2) is 91.0 Å². The Morgan fingerprint density at radius 1 is 0.733 bits per heavy atom. The van der Waals surface area contributed by atoms with Crippen LogP contribution in [0.1, 0.15) is 12.8 Å². The van der Waals surface area contributed by atoms with E-state index in [4.69, 9.17) is 0 Å². The summed E-state index contributed by atoms with van der Waals surface area (Å²) in [6.07, 6.45) is 3.32. The molecule has 4 heteroatoms. The molecule has 0 fully saturated rings. The molecule has 0 atom stereocenters. The molecule has 3 aromatic carbocycles. The minimum atomic E-state index is -2.13. The number of carbonyl (C=O) groups is 1. The Labute approximate surface area is 181 Å². The van der Waals surface area contributed by atoms with E-state index >= 15 is 0 Å². The van der Waals surface area contributed by atoms with E-state index in [1.54, 1.807) is 19.0 Å². The van der Waals surface area contributed by atoms with Crippen LogP contribution < -0.4 is 21.2 Å². The summed E-state index contributed by atoms with van der Waals surface area (Å²) in [6, 6.07) is 33.1. The number of amides is 1. The van der Waals surface area contributed by atoms with Crippen molar-refractivity contribution in [3.63, 3.8) is 0 Å². The maximum atomic E-state index is 11.8. The number of nitrogens with zero attached hydrogens (tertiary/aromatic N) is 1. The van der Waals surface area contributed by atoms with E-state index < -0.39 is 7.26 Å². The SMILES string of the molecule is CN(C)C(=O)CNCCCC[PH](c1ccccc1)(c1ccccc1)c1ccccc1. The number of hydrogen-bond donors (Lipinski definition) is 1. The molecule has 158 valence electrons. The molecule has 1 N–H and O–H groups in total. The van der Waals surface area contributed by atoms with E-state index in [2.05, 4.69) is 96.3 Å². The third-order valence-corrected chi connectivity index (χ3v) is 10.8. The van der Waals surface area contributed by atoms with Crippen LogP contribution >= 0.6 is 7.26 Å². The van der Waals surface area contributed by atoms with Gasteiger partial charge in [0.15, 0.2) is 0 Å². The molecule has 0 unspecified atom stereocenters. The average molecular weight is 421 g/mol. The molecular weight excluding hydrogens is 387 g/mol. The van der Waals surface area contributed by atoms with Crippen LogP contribution in [0.4, 0.5) is 0 Å². The molecular formula is C26H33N2OP. The van der Waals surface area contributed by atoms with Crippen molar-refractivity contribution in [1.82, 2.24) is 10.2 Å². The monoisotopic (exact) mass is 420 g/mol. The van der Waals surface area contributed by atoms with E-state index in [9.17, 15) is 4.79 Å². The second kappa shape index (κ2) is 11.1. The molecule has 0 aliphatic carbocycles. The van der Waals surface area contributed by atoms with Crippen molar-refractivity contribution in [3.8, 4) is 0 Å². The second-order valence-electron chi connectivity index (χ2n) is 7.93. The van der Waals surface area contributed by atoms with Gasteiger partial charge in [-0.25, -0.2) is 0 Å². The van der Waals surface area contributed by atoms with Gasteiger partial charge < -0.3 is 0 Å². The van der Waals surface area contributed by atoms with Crippen LogP contribution in [-0.4, -0.2) is 44.2 Å². The molecule has 0 heterocycles. The van der Waals surface area contributed by atoms with Crippen LogP contribution in [-0.2, 0) is 4.79 Å². The van der Waals surface area contributed by atoms with Crippen molar-refractivity contribution in [2.45, 2.75) is 12.8 Å². The van der Waals surface area contributed by atoms with E-state index in [-0.39, 0.29) is 5.91 Å². The first kappa shape index (κ1) is 22.2. The molecule has 30 heavy (non-hydrogen) atoms. The van der Waals surface area contributed by atoms with Crippen molar-refractivity contribution in [1.29, 1.82) is 0 Å². The molecule has 3 rings (SSSR count). The summed E-state index contributed by atoms with van der Waals surface area (Å²) in [5.41, 5.74) is 0. The number of likely N-dealkylation sites (N-methyl/N-ethyl adjacent to an activating group) is 1. The van der Waals surface area contributed by atoms with Crippen molar-refractivity contribution in [3.05, 3.63) is 91.0 Å². The van der Waals surface area contributed by atoms with Gasteiger partial charge in [-0.2, -0.15) is 0 Å². The van der Waals surface area contributed by atoms with Gasteiger partial charge in [0.1, 0.15) is 0 Å². The second-order valence-corrected chi connectivity index (χ2v) is 12.0. The summed E-state index contributed by atoms with van der Waals surface area (Å²) in [7, 11) is 1.46. The summed E-state index contributed by atoms with van der Waals surface area (Å²) < 4.78 is 0. The Morgan fingerprint density at radius 3 is 1.57 bits per heavy atom. The molecule has 0 aliphatic rings. The maximum absolute atomic E-state index is 11.8. The van der Waals surface area contributed by atoms with Gasteiger partial charge in [-0.05, 0) is 0 Å². The molecule has 0 saturated heterocycles.